The molecule has 0 spiro atoms. The molecule has 10 aliphatic rings. The van der Waals surface area contributed by atoms with E-state index in [1.54, 1.807) is 12.1 Å². The van der Waals surface area contributed by atoms with Crippen LogP contribution in [0.3, 0.4) is 0 Å². The molecule has 2 amide bonds. The number of carbonyl (C=O) groups excluding carboxylic acids is 4. The van der Waals surface area contributed by atoms with Gasteiger partial charge in [-0.1, -0.05) is 253 Å². The Hall–Kier alpha value is -3.79. The summed E-state index contributed by atoms with van der Waals surface area (Å²) in [4.78, 5) is 48.8. The predicted octanol–water partition coefficient (Wildman–Crippen LogP) is 27.9. The minimum absolute atomic E-state index is 0.0829. The van der Waals surface area contributed by atoms with Crippen molar-refractivity contribution in [3.8, 4) is 12.1 Å². The molecule has 6 saturated carbocycles. The van der Waals surface area contributed by atoms with Gasteiger partial charge in [-0.15, -0.1) is 0 Å². The van der Waals surface area contributed by atoms with Crippen molar-refractivity contribution in [1.29, 1.82) is 10.5 Å². The predicted molar refractivity (Wildman–Crippen MR) is 573 cm³/mol. The molecule has 0 aromatic heterocycles. The Morgan fingerprint density at radius 2 is 0.572 bits per heavy atom. The van der Waals surface area contributed by atoms with E-state index in [1.807, 2.05) is 124 Å². The van der Waals surface area contributed by atoms with Crippen molar-refractivity contribution in [2.24, 2.45) is 0 Å². The fraction of sp³-hybridized carbons (Fsp3) is 0.596. The van der Waals surface area contributed by atoms with Crippen LogP contribution in [0.2, 0.25) is 139 Å². The number of aliphatic hydroxyl groups is 2. The quantitative estimate of drug-likeness (QED) is 0.0243. The summed E-state index contributed by atoms with van der Waals surface area (Å²) < 4.78 is 36.2. The van der Waals surface area contributed by atoms with Gasteiger partial charge in [-0.2, -0.15) is 10.5 Å². The van der Waals surface area contributed by atoms with E-state index in [9.17, 15) is 39.9 Å². The molecule has 138 heavy (non-hydrogen) atoms. The van der Waals surface area contributed by atoms with Gasteiger partial charge in [0.2, 0.25) is 11.8 Å². The van der Waals surface area contributed by atoms with E-state index in [0.29, 0.717) is 99.3 Å². The maximum absolute atomic E-state index is 12.2. The first-order valence-corrected chi connectivity index (χ1v) is 66.7. The Balaban J connectivity index is 0.000000159. The van der Waals surface area contributed by atoms with Gasteiger partial charge in [0.1, 0.15) is 0 Å². The van der Waals surface area contributed by atoms with Crippen LogP contribution in [0.5, 0.6) is 0 Å². The zero-order valence-electron chi connectivity index (χ0n) is 82.3. The van der Waals surface area contributed by atoms with Crippen molar-refractivity contribution in [1.82, 2.24) is 21.3 Å². The zero-order valence-corrected chi connectivity index (χ0v) is 95.3. The van der Waals surface area contributed by atoms with Gasteiger partial charge in [-0.05, 0) is 288 Å². The molecule has 4 saturated heterocycles. The SMILES string of the molecule is COC(=O)C[C@@](C#N)(O[Si](C)(C)C)C1(c2ccc(Cl)c(Cl)c2)CCCC1.COC(=O)C[C@](C#N)(O[Si](C)(C)C)C1(c2ccc(Cl)c(Cl)c2)CCCC1.C[Si](C)(C)O[C@@]1(C2(c3ccc(Cl)c(Cl)c3)CCCC2)CNC(=O)C1.C[Si](C)(C)O[C@]1(C2(c3ccc(Cl)c(Cl)c3)CCCC2)CNC(=O)C1.O[C@@]1(C2(c3ccc(Cl)c(Cl)c3)CCCC2)CCNC1.O[C@]1(C2(c3ccc(Cl)c(Cl)c3)CCCC2)CCNC1. The summed E-state index contributed by atoms with van der Waals surface area (Å²) in [5, 5.41) is 61.8. The molecule has 0 radical (unpaired) electrons. The topological polar surface area (TPSA) is 260 Å². The zero-order chi connectivity index (χ0) is 101. The van der Waals surface area contributed by atoms with Crippen LogP contribution < -0.4 is 21.3 Å². The maximum atomic E-state index is 12.2. The van der Waals surface area contributed by atoms with E-state index in [1.165, 1.54) is 39.9 Å². The number of benzene rings is 6. The molecular weight excluding hydrogens is 2060 g/mol. The highest BCUT2D eigenvalue weighted by molar-refractivity contribution is 6.71. The summed E-state index contributed by atoms with van der Waals surface area (Å²) in [5.41, 5.74) is -0.390. The van der Waals surface area contributed by atoms with Crippen LogP contribution in [0.4, 0.5) is 0 Å². The molecule has 4 heterocycles. The molecule has 6 aromatic carbocycles. The molecule has 0 unspecified atom stereocenters. The van der Waals surface area contributed by atoms with Gasteiger partial charge in [0.25, 0.3) is 0 Å². The van der Waals surface area contributed by atoms with E-state index in [-0.39, 0.29) is 46.3 Å². The van der Waals surface area contributed by atoms with E-state index in [4.69, 9.17) is 166 Å². The van der Waals surface area contributed by atoms with Crippen LogP contribution in [0, 0.1) is 22.7 Å². The summed E-state index contributed by atoms with van der Waals surface area (Å²) in [6.07, 6.45) is 26.6. The molecule has 16 rings (SSSR count). The number of ether oxygens (including phenoxy) is 2. The number of amides is 2. The Kier molecular flexibility index (Phi) is 38.4. The van der Waals surface area contributed by atoms with Crippen LogP contribution in [0.15, 0.2) is 109 Å². The standard InChI is InChI=1S/2C19H25Cl2NO3Si.2C18H25Cl2NO2Si.2C15H19Cl2NO/c2*1-24-17(23)12-19(13-22,25-26(2,3)4)18(9-5-6-10-18)14-7-8-15(20)16(21)11-14;2*1-24(2,3)23-18(11-16(22)21-12-18)17(8-4-5-9-17)13-6-7-14(19)15(20)10-13;2*16-12-4-3-11(9-13(12)17)14(5-1-2-6-14)15(19)7-8-18-10-15/h2*7-8,11H,5-6,9-10,12H2,1-4H3;2*6-7,10H,4-5,8-9,11-12H2,1-3H3,(H,21,22);2*3-4,9,18-19H,1-2,5-8,10H2/t2*19-;2*18-;2*15-/m101010/s1. The van der Waals surface area contributed by atoms with E-state index < -0.39 is 89.6 Å². The molecule has 6 aliphatic carbocycles. The number of methoxy groups -OCH3 is 2. The lowest BCUT2D eigenvalue weighted by atomic mass is 9.65. The van der Waals surface area contributed by atoms with E-state index in [0.717, 1.165) is 188 Å². The number of esters is 2. The minimum Gasteiger partial charge on any atom is -0.469 e. The maximum Gasteiger partial charge on any atom is 0.309 e. The van der Waals surface area contributed by atoms with Gasteiger partial charge in [0.15, 0.2) is 44.5 Å². The third-order valence-electron chi connectivity index (χ3n) is 30.5. The average molecular weight is 2200 g/mol. The number of nitrogens with zero attached hydrogens (tertiary/aromatic N) is 2. The molecule has 6 aromatic rings. The number of nitrogens with one attached hydrogen (secondary N) is 4. The van der Waals surface area contributed by atoms with Crippen LogP contribution in [-0.4, -0.2) is 154 Å². The summed E-state index contributed by atoms with van der Waals surface area (Å²) in [7, 11) is -5.34. The Morgan fingerprint density at radius 3 is 0.775 bits per heavy atom. The molecule has 18 nitrogen and oxygen atoms in total. The van der Waals surface area contributed by atoms with Crippen LogP contribution >= 0.6 is 139 Å². The van der Waals surface area contributed by atoms with Gasteiger partial charge < -0.3 is 58.7 Å². The molecule has 10 fully saturated rings. The minimum atomic E-state index is -2.15. The number of carbonyl (C=O) groups is 4. The average Bonchev–Trinajstić information content (AvgIpc) is 1.40. The third-order valence-corrected chi connectivity index (χ3v) is 38.9. The van der Waals surface area contributed by atoms with Crippen molar-refractivity contribution in [2.75, 3.05) is 53.5 Å². The molecule has 34 heteroatoms. The lowest BCUT2D eigenvalue weighted by molar-refractivity contribution is -0.147. The molecule has 756 valence electrons. The fourth-order valence-corrected chi connectivity index (χ4v) is 32.2. The van der Waals surface area contributed by atoms with Crippen molar-refractivity contribution in [2.45, 2.75) is 337 Å². The first kappa shape index (κ1) is 115. The van der Waals surface area contributed by atoms with Gasteiger partial charge in [0, 0.05) is 58.7 Å². The first-order valence-electron chi connectivity index (χ1n) is 48.6. The largest absolute Gasteiger partial charge is 0.469 e. The van der Waals surface area contributed by atoms with Crippen molar-refractivity contribution < 1.29 is 56.6 Å². The second kappa shape index (κ2) is 46.3. The number of hydrogen-bond donors (Lipinski definition) is 6. The van der Waals surface area contributed by atoms with Crippen LogP contribution in [-0.2, 0) is 78.8 Å². The summed E-state index contributed by atoms with van der Waals surface area (Å²) in [5.74, 6) is -0.730. The highest BCUT2D eigenvalue weighted by Gasteiger charge is 2.64. The number of halogens is 12. The highest BCUT2D eigenvalue weighted by Crippen LogP contribution is 2.61. The van der Waals surface area contributed by atoms with Gasteiger partial charge in [-0.3, -0.25) is 19.2 Å². The lowest BCUT2D eigenvalue weighted by Gasteiger charge is -2.49. The van der Waals surface area contributed by atoms with Crippen molar-refractivity contribution in [3.05, 3.63) is 203 Å². The van der Waals surface area contributed by atoms with Crippen LogP contribution in [0.1, 0.15) is 226 Å². The van der Waals surface area contributed by atoms with Gasteiger partial charge in [-0.25, -0.2) is 0 Å². The molecular formula is C104H138Cl12N6O12Si4. The summed E-state index contributed by atoms with van der Waals surface area (Å²) >= 11 is 74.1. The Bertz CT molecular complexity index is 5060. The fourth-order valence-electron chi connectivity index (χ4n) is 24.7. The molecule has 6 atom stereocenters. The lowest BCUT2D eigenvalue weighted by Crippen LogP contribution is -2.57. The number of β-amino-alcohol motifs (C(OH)–C–C–N with tert-alkyl or cyclic N) is 2. The second-order valence-electron chi connectivity index (χ2n) is 43.6. The number of nitriles is 2. The van der Waals surface area contributed by atoms with Gasteiger partial charge in [0.05, 0.1) is 135 Å². The molecule has 4 aliphatic heterocycles. The normalized spacial score (nSPS) is 24.6. The third kappa shape index (κ3) is 24.9. The number of hydrogen-bond acceptors (Lipinski definition) is 16. The van der Waals surface area contributed by atoms with E-state index in [2.05, 4.69) is 84.8 Å². The van der Waals surface area contributed by atoms with Crippen molar-refractivity contribution >= 4 is 196 Å². The summed E-state index contributed by atoms with van der Waals surface area (Å²) in [6.45, 7) is 29.6. The first-order chi connectivity index (χ1) is 64.7. The van der Waals surface area contributed by atoms with E-state index >= 15 is 0 Å². The smallest absolute Gasteiger partial charge is 0.309 e. The molecule has 6 N–H and O–H groups in total. The van der Waals surface area contributed by atoms with Crippen molar-refractivity contribution in [3.63, 3.8) is 0 Å². The highest BCUT2D eigenvalue weighted by atomic mass is 35.5. The Morgan fingerprint density at radius 1 is 0.341 bits per heavy atom. The number of rotatable bonds is 24. The van der Waals surface area contributed by atoms with Gasteiger partial charge >= 0.3 is 11.9 Å². The Labute approximate surface area is 882 Å². The summed E-state index contributed by atoms with van der Waals surface area (Å²) in [6, 6.07) is 39.2. The second-order valence-corrected chi connectivity index (χ2v) is 66.2. The van der Waals surface area contributed by atoms with Crippen LogP contribution in [0.25, 0.3) is 0 Å². The molecule has 0 bridgehead atoms. The monoisotopic (exact) mass is 2190 g/mol.